The summed E-state index contributed by atoms with van der Waals surface area (Å²) >= 11 is 3.43. The molecule has 0 aromatic heterocycles. The summed E-state index contributed by atoms with van der Waals surface area (Å²) in [5, 5.41) is 9.45. The first-order chi connectivity index (χ1) is 8.65. The highest BCUT2D eigenvalue weighted by atomic mass is 79.9. The first kappa shape index (κ1) is 14.0. The summed E-state index contributed by atoms with van der Waals surface area (Å²) in [7, 11) is 0. The average Bonchev–Trinajstić information content (AvgIpc) is 2.38. The van der Waals surface area contributed by atoms with Gasteiger partial charge in [0.05, 0.1) is 6.10 Å². The number of hydrogen-bond acceptors (Lipinski definition) is 3. The van der Waals surface area contributed by atoms with Crippen molar-refractivity contribution in [1.82, 2.24) is 4.90 Å². The lowest BCUT2D eigenvalue weighted by Gasteiger charge is -2.30. The van der Waals surface area contributed by atoms with E-state index >= 15 is 0 Å². The molecular weight excluding hydrogens is 292 g/mol. The molecule has 4 heteroatoms. The Morgan fingerprint density at radius 3 is 2.50 bits per heavy atom. The maximum atomic E-state index is 9.45. The van der Waals surface area contributed by atoms with E-state index in [0.29, 0.717) is 0 Å². The molecular formula is C14H21BrN2O. The van der Waals surface area contributed by atoms with Gasteiger partial charge in [0, 0.05) is 23.6 Å². The fourth-order valence-electron chi connectivity index (χ4n) is 2.34. The van der Waals surface area contributed by atoms with Gasteiger partial charge >= 0.3 is 0 Å². The lowest BCUT2D eigenvalue weighted by molar-refractivity contribution is 0.0812. The van der Waals surface area contributed by atoms with Crippen LogP contribution >= 0.6 is 15.9 Å². The molecule has 0 spiro atoms. The number of rotatable bonds is 4. The summed E-state index contributed by atoms with van der Waals surface area (Å²) in [6, 6.07) is 8.33. The van der Waals surface area contributed by atoms with Crippen LogP contribution in [0.1, 0.15) is 30.9 Å². The van der Waals surface area contributed by atoms with Crippen molar-refractivity contribution in [2.24, 2.45) is 5.73 Å². The van der Waals surface area contributed by atoms with Crippen molar-refractivity contribution in [3.8, 4) is 0 Å². The minimum absolute atomic E-state index is 0.0959. The Bertz CT molecular complexity index is 361. The molecule has 3 N–H and O–H groups in total. The Morgan fingerprint density at radius 1 is 1.28 bits per heavy atom. The lowest BCUT2D eigenvalue weighted by Crippen LogP contribution is -2.37. The molecule has 1 heterocycles. The zero-order valence-electron chi connectivity index (χ0n) is 10.6. The first-order valence-corrected chi connectivity index (χ1v) is 7.36. The number of nitrogens with zero attached hydrogens (tertiary/aromatic N) is 1. The van der Waals surface area contributed by atoms with Crippen LogP contribution in [0.25, 0.3) is 0 Å². The largest absolute Gasteiger partial charge is 0.393 e. The van der Waals surface area contributed by atoms with Gasteiger partial charge in [0.2, 0.25) is 0 Å². The van der Waals surface area contributed by atoms with Gasteiger partial charge in [0.1, 0.15) is 0 Å². The standard InChI is InChI=1S/C14H21BrN2O/c15-12-3-1-11(2-4-12)14(16)7-10-17-8-5-13(18)6-9-17/h1-4,13-14,18H,5-10,16H2. The SMILES string of the molecule is NC(CCN1CCC(O)CC1)c1ccc(Br)cc1. The summed E-state index contributed by atoms with van der Waals surface area (Å²) < 4.78 is 1.09. The number of hydrogen-bond donors (Lipinski definition) is 2. The van der Waals surface area contributed by atoms with Gasteiger partial charge in [-0.3, -0.25) is 0 Å². The van der Waals surface area contributed by atoms with Gasteiger partial charge in [0.15, 0.2) is 0 Å². The molecule has 1 aromatic rings. The van der Waals surface area contributed by atoms with Crippen molar-refractivity contribution in [3.63, 3.8) is 0 Å². The number of piperidine rings is 1. The molecule has 2 rings (SSSR count). The molecule has 100 valence electrons. The zero-order chi connectivity index (χ0) is 13.0. The van der Waals surface area contributed by atoms with E-state index in [2.05, 4.69) is 33.0 Å². The third-order valence-corrected chi connectivity index (χ3v) is 4.14. The van der Waals surface area contributed by atoms with Gasteiger partial charge in [0.25, 0.3) is 0 Å². The second-order valence-electron chi connectivity index (χ2n) is 5.02. The molecule has 1 aliphatic heterocycles. The van der Waals surface area contributed by atoms with Crippen molar-refractivity contribution in [2.75, 3.05) is 19.6 Å². The molecule has 0 amide bonds. The molecule has 0 bridgehead atoms. The Balaban J connectivity index is 1.77. The Kier molecular flexibility index (Phi) is 5.18. The van der Waals surface area contributed by atoms with E-state index in [1.54, 1.807) is 0 Å². The van der Waals surface area contributed by atoms with Gasteiger partial charge in [-0.2, -0.15) is 0 Å². The van der Waals surface area contributed by atoms with E-state index in [1.807, 2.05) is 12.1 Å². The van der Waals surface area contributed by atoms with Crippen LogP contribution in [0.3, 0.4) is 0 Å². The van der Waals surface area contributed by atoms with Crippen LogP contribution in [0, 0.1) is 0 Å². The van der Waals surface area contributed by atoms with E-state index in [0.717, 1.165) is 43.4 Å². The van der Waals surface area contributed by atoms with Gasteiger partial charge in [-0.25, -0.2) is 0 Å². The quantitative estimate of drug-likeness (QED) is 0.897. The summed E-state index contributed by atoms with van der Waals surface area (Å²) in [4.78, 5) is 2.39. The monoisotopic (exact) mass is 312 g/mol. The van der Waals surface area contributed by atoms with Crippen molar-refractivity contribution in [2.45, 2.75) is 31.4 Å². The summed E-state index contributed by atoms with van der Waals surface area (Å²) in [5.41, 5.74) is 7.39. The average molecular weight is 313 g/mol. The minimum Gasteiger partial charge on any atom is -0.393 e. The van der Waals surface area contributed by atoms with Crippen LogP contribution in [0.15, 0.2) is 28.7 Å². The third-order valence-electron chi connectivity index (χ3n) is 3.61. The van der Waals surface area contributed by atoms with Crippen LogP contribution in [0.4, 0.5) is 0 Å². The van der Waals surface area contributed by atoms with Crippen LogP contribution < -0.4 is 5.73 Å². The van der Waals surface area contributed by atoms with Crippen LogP contribution in [-0.2, 0) is 0 Å². The smallest absolute Gasteiger partial charge is 0.0564 e. The van der Waals surface area contributed by atoms with Crippen molar-refractivity contribution < 1.29 is 5.11 Å². The molecule has 1 unspecified atom stereocenters. The lowest BCUT2D eigenvalue weighted by atomic mass is 10.0. The molecule has 1 fully saturated rings. The van der Waals surface area contributed by atoms with Crippen LogP contribution in [-0.4, -0.2) is 35.7 Å². The van der Waals surface area contributed by atoms with E-state index < -0.39 is 0 Å². The summed E-state index contributed by atoms with van der Waals surface area (Å²) in [6.45, 7) is 3.01. The summed E-state index contributed by atoms with van der Waals surface area (Å²) in [5.74, 6) is 0. The maximum Gasteiger partial charge on any atom is 0.0564 e. The van der Waals surface area contributed by atoms with Gasteiger partial charge in [-0.05, 0) is 43.5 Å². The van der Waals surface area contributed by atoms with E-state index in [4.69, 9.17) is 5.73 Å². The Morgan fingerprint density at radius 2 is 1.89 bits per heavy atom. The summed E-state index contributed by atoms with van der Waals surface area (Å²) in [6.07, 6.45) is 2.67. The number of benzene rings is 1. The van der Waals surface area contributed by atoms with Crippen molar-refractivity contribution in [3.05, 3.63) is 34.3 Å². The first-order valence-electron chi connectivity index (χ1n) is 6.56. The highest BCUT2D eigenvalue weighted by Crippen LogP contribution is 2.19. The number of likely N-dealkylation sites (tertiary alicyclic amines) is 1. The number of halogens is 1. The predicted molar refractivity (Wildman–Crippen MR) is 77.4 cm³/mol. The molecule has 18 heavy (non-hydrogen) atoms. The Hall–Kier alpha value is -0.420. The number of aliphatic hydroxyl groups is 1. The van der Waals surface area contributed by atoms with Crippen molar-refractivity contribution >= 4 is 15.9 Å². The normalized spacial score (nSPS) is 19.9. The molecule has 1 aliphatic rings. The van der Waals surface area contributed by atoms with Gasteiger partial charge in [-0.15, -0.1) is 0 Å². The van der Waals surface area contributed by atoms with E-state index in [9.17, 15) is 5.11 Å². The molecule has 0 radical (unpaired) electrons. The minimum atomic E-state index is -0.0959. The molecule has 0 aliphatic carbocycles. The van der Waals surface area contributed by atoms with Gasteiger partial charge < -0.3 is 15.7 Å². The molecule has 0 saturated carbocycles. The zero-order valence-corrected chi connectivity index (χ0v) is 12.1. The van der Waals surface area contributed by atoms with Gasteiger partial charge in [-0.1, -0.05) is 28.1 Å². The van der Waals surface area contributed by atoms with Crippen LogP contribution in [0.5, 0.6) is 0 Å². The highest BCUT2D eigenvalue weighted by molar-refractivity contribution is 9.10. The number of aliphatic hydroxyl groups excluding tert-OH is 1. The topological polar surface area (TPSA) is 49.5 Å². The second kappa shape index (κ2) is 6.66. The second-order valence-corrected chi connectivity index (χ2v) is 5.94. The fraction of sp³-hybridized carbons (Fsp3) is 0.571. The molecule has 1 saturated heterocycles. The number of nitrogens with two attached hydrogens (primary N) is 1. The predicted octanol–water partition coefficient (Wildman–Crippen LogP) is 2.30. The maximum absolute atomic E-state index is 9.45. The molecule has 1 atom stereocenters. The Labute approximate surface area is 117 Å². The highest BCUT2D eigenvalue weighted by Gasteiger charge is 2.17. The van der Waals surface area contributed by atoms with E-state index in [1.165, 1.54) is 5.56 Å². The molecule has 3 nitrogen and oxygen atoms in total. The van der Waals surface area contributed by atoms with Crippen LogP contribution in [0.2, 0.25) is 0 Å². The fourth-order valence-corrected chi connectivity index (χ4v) is 2.61. The third kappa shape index (κ3) is 4.05. The van der Waals surface area contributed by atoms with Crippen molar-refractivity contribution in [1.29, 1.82) is 0 Å². The van der Waals surface area contributed by atoms with E-state index in [-0.39, 0.29) is 12.1 Å². The molecule has 1 aromatic carbocycles.